The molecule has 1 atom stereocenters. The third kappa shape index (κ3) is 3.94. The smallest absolute Gasteiger partial charge is 0.265 e. The van der Waals surface area contributed by atoms with Gasteiger partial charge >= 0.3 is 0 Å². The molecule has 3 N–H and O–H groups in total. The molecular weight excluding hydrogens is 444 g/mol. The Morgan fingerprint density at radius 3 is 2.74 bits per heavy atom. The van der Waals surface area contributed by atoms with E-state index in [-0.39, 0.29) is 23.2 Å². The summed E-state index contributed by atoms with van der Waals surface area (Å²) in [6, 6.07) is 12.5. The van der Waals surface area contributed by atoms with Crippen LogP contribution >= 0.6 is 0 Å². The van der Waals surface area contributed by atoms with Crippen LogP contribution in [0.1, 0.15) is 6.42 Å². The summed E-state index contributed by atoms with van der Waals surface area (Å²) < 4.78 is 34.4. The van der Waals surface area contributed by atoms with Crippen molar-refractivity contribution in [2.75, 3.05) is 11.1 Å². The van der Waals surface area contributed by atoms with E-state index in [1.807, 2.05) is 0 Å². The average Bonchev–Trinajstić information content (AvgIpc) is 3.54. The van der Waals surface area contributed by atoms with Crippen molar-refractivity contribution in [1.29, 1.82) is 0 Å². The van der Waals surface area contributed by atoms with Gasteiger partial charge in [-0.2, -0.15) is 4.68 Å². The number of pyridine rings is 1. The fourth-order valence-corrected chi connectivity index (χ4v) is 3.51. The van der Waals surface area contributed by atoms with Crippen LogP contribution < -0.4 is 11.1 Å². The first kappa shape index (κ1) is 21.2. The second-order valence-electron chi connectivity index (χ2n) is 7.44. The summed E-state index contributed by atoms with van der Waals surface area (Å²) in [5.41, 5.74) is 8.31. The Morgan fingerprint density at radius 1 is 1.15 bits per heavy atom. The lowest BCUT2D eigenvalue weighted by molar-refractivity contribution is -0.123. The zero-order chi connectivity index (χ0) is 23.7. The minimum Gasteiger partial charge on any atom is -0.488 e. The summed E-state index contributed by atoms with van der Waals surface area (Å²) in [4.78, 5) is 16.4. The zero-order valence-corrected chi connectivity index (χ0v) is 17.5. The van der Waals surface area contributed by atoms with Gasteiger partial charge in [0.05, 0.1) is 11.8 Å². The summed E-state index contributed by atoms with van der Waals surface area (Å²) in [5, 5.41) is 14.1. The number of nitrogen functional groups attached to an aromatic ring is 1. The molecule has 4 aromatic rings. The van der Waals surface area contributed by atoms with Crippen LogP contribution in [0.5, 0.6) is 0 Å². The Morgan fingerprint density at radius 2 is 1.97 bits per heavy atom. The molecule has 1 aliphatic heterocycles. The molecule has 0 radical (unpaired) electrons. The lowest BCUT2D eigenvalue weighted by Crippen LogP contribution is -2.26. The Labute approximate surface area is 191 Å². The Kier molecular flexibility index (Phi) is 5.42. The number of nitrogens with two attached hydrogens (primary N) is 1. The van der Waals surface area contributed by atoms with Crippen molar-refractivity contribution >= 4 is 17.4 Å². The fraction of sp³-hybridized carbons (Fsp3) is 0.0870. The second kappa shape index (κ2) is 8.70. The minimum absolute atomic E-state index is 0.102. The molecule has 1 amide bonds. The normalized spacial score (nSPS) is 14.7. The predicted octanol–water partition coefficient (Wildman–Crippen LogP) is 3.49. The van der Waals surface area contributed by atoms with E-state index in [4.69, 9.17) is 10.5 Å². The van der Waals surface area contributed by atoms with Crippen LogP contribution in [0.2, 0.25) is 0 Å². The predicted molar refractivity (Wildman–Crippen MR) is 119 cm³/mol. The van der Waals surface area contributed by atoms with Crippen molar-refractivity contribution in [3.8, 4) is 28.2 Å². The molecule has 2 aromatic carbocycles. The number of rotatable bonds is 5. The second-order valence-corrected chi connectivity index (χ2v) is 7.44. The monoisotopic (exact) mass is 461 g/mol. The number of nitrogens with zero attached hydrogens (tertiary/aromatic N) is 5. The summed E-state index contributed by atoms with van der Waals surface area (Å²) in [6.45, 7) is 0. The van der Waals surface area contributed by atoms with Gasteiger partial charge in [0, 0.05) is 23.9 Å². The molecule has 9 nitrogen and oxygen atoms in total. The largest absolute Gasteiger partial charge is 0.488 e. The topological polar surface area (TPSA) is 121 Å². The molecule has 0 saturated carbocycles. The van der Waals surface area contributed by atoms with Crippen molar-refractivity contribution in [1.82, 2.24) is 25.2 Å². The molecule has 0 aliphatic carbocycles. The van der Waals surface area contributed by atoms with Crippen molar-refractivity contribution in [3.63, 3.8) is 0 Å². The molecule has 0 saturated heterocycles. The summed E-state index contributed by atoms with van der Waals surface area (Å²) >= 11 is 0. The van der Waals surface area contributed by atoms with Crippen molar-refractivity contribution in [2.45, 2.75) is 12.5 Å². The number of ether oxygens (including phenoxy) is 1. The molecule has 0 fully saturated rings. The van der Waals surface area contributed by atoms with Crippen LogP contribution in [-0.4, -0.2) is 37.2 Å². The van der Waals surface area contributed by atoms with Gasteiger partial charge < -0.3 is 15.8 Å². The van der Waals surface area contributed by atoms with Gasteiger partial charge in [-0.05, 0) is 52.4 Å². The number of benzene rings is 2. The van der Waals surface area contributed by atoms with Crippen LogP contribution in [-0.2, 0) is 9.53 Å². The molecule has 11 heteroatoms. The van der Waals surface area contributed by atoms with Crippen LogP contribution in [0.3, 0.4) is 0 Å². The quantitative estimate of drug-likeness (QED) is 0.467. The highest BCUT2D eigenvalue weighted by molar-refractivity contribution is 5.94. The maximum Gasteiger partial charge on any atom is 0.265 e. The summed E-state index contributed by atoms with van der Waals surface area (Å²) in [5.74, 6) is -2.13. The fourth-order valence-electron chi connectivity index (χ4n) is 3.51. The van der Waals surface area contributed by atoms with E-state index in [2.05, 4.69) is 25.8 Å². The summed E-state index contributed by atoms with van der Waals surface area (Å²) in [7, 11) is 0. The number of carbonyl (C=O) groups excluding carboxylic acids is 1. The highest BCUT2D eigenvalue weighted by Crippen LogP contribution is 2.30. The maximum atomic E-state index is 14.4. The highest BCUT2D eigenvalue weighted by atomic mass is 19.2. The summed E-state index contributed by atoms with van der Waals surface area (Å²) in [6.07, 6.45) is 4.87. The average molecular weight is 461 g/mol. The Hall–Kier alpha value is -4.67. The molecule has 170 valence electrons. The van der Waals surface area contributed by atoms with E-state index < -0.39 is 17.7 Å². The van der Waals surface area contributed by atoms with Gasteiger partial charge in [-0.25, -0.2) is 13.8 Å². The molecule has 2 aromatic heterocycles. The number of halogens is 2. The third-order valence-electron chi connectivity index (χ3n) is 5.26. The van der Waals surface area contributed by atoms with E-state index in [1.54, 1.807) is 42.6 Å². The molecule has 3 heterocycles. The first-order valence-electron chi connectivity index (χ1n) is 10.2. The third-order valence-corrected chi connectivity index (χ3v) is 5.26. The van der Waals surface area contributed by atoms with Crippen molar-refractivity contribution < 1.29 is 18.3 Å². The van der Waals surface area contributed by atoms with Gasteiger partial charge in [0.1, 0.15) is 11.5 Å². The van der Waals surface area contributed by atoms with Crippen LogP contribution in [0.25, 0.3) is 28.2 Å². The zero-order valence-electron chi connectivity index (χ0n) is 17.5. The van der Waals surface area contributed by atoms with Crippen molar-refractivity contribution in [2.24, 2.45) is 0 Å². The Balaban J connectivity index is 1.44. The number of amides is 1. The first-order valence-corrected chi connectivity index (χ1v) is 10.2. The van der Waals surface area contributed by atoms with Gasteiger partial charge in [-0.3, -0.25) is 4.79 Å². The number of anilines is 2. The number of carbonyl (C=O) groups is 1. The number of hydrogen-bond donors (Lipinski definition) is 2. The van der Waals surface area contributed by atoms with E-state index in [9.17, 15) is 13.6 Å². The SMILES string of the molecule is Nc1ncc(-c2ccc(NC(=O)C3CC=CO3)cc2)cc1-c1nnnn1-c1cccc(F)c1F. The van der Waals surface area contributed by atoms with Gasteiger partial charge in [0.2, 0.25) is 0 Å². The molecule has 1 unspecified atom stereocenters. The number of hydrogen-bond acceptors (Lipinski definition) is 7. The van der Waals surface area contributed by atoms with E-state index in [0.717, 1.165) is 16.3 Å². The lowest BCUT2D eigenvalue weighted by Gasteiger charge is -2.12. The van der Waals surface area contributed by atoms with Crippen LogP contribution in [0, 0.1) is 11.6 Å². The standard InChI is InChI=1S/C23H17F2N7O2/c24-17-3-1-4-18(20(17)25)32-22(29-30-31-32)16-11-14(12-27-21(16)26)13-6-8-15(9-7-13)28-23(33)19-5-2-10-34-19/h1-4,6-12,19H,5H2,(H2,26,27)(H,28,33). The Bertz CT molecular complexity index is 1390. The number of aromatic nitrogens is 5. The number of tetrazole rings is 1. The first-order chi connectivity index (χ1) is 16.5. The molecule has 0 spiro atoms. The molecule has 0 bridgehead atoms. The van der Waals surface area contributed by atoms with E-state index in [0.29, 0.717) is 23.2 Å². The van der Waals surface area contributed by atoms with E-state index in [1.165, 1.54) is 18.4 Å². The lowest BCUT2D eigenvalue weighted by atomic mass is 10.0. The molecule has 1 aliphatic rings. The van der Waals surface area contributed by atoms with Crippen molar-refractivity contribution in [3.05, 3.63) is 78.7 Å². The van der Waals surface area contributed by atoms with Gasteiger partial charge in [0.15, 0.2) is 23.6 Å². The molecule has 5 rings (SSSR count). The maximum absolute atomic E-state index is 14.4. The van der Waals surface area contributed by atoms with Gasteiger partial charge in [-0.15, -0.1) is 5.10 Å². The van der Waals surface area contributed by atoms with Crippen LogP contribution in [0.4, 0.5) is 20.3 Å². The molecular formula is C23H17F2N7O2. The number of nitrogens with one attached hydrogen (secondary N) is 1. The van der Waals surface area contributed by atoms with Gasteiger partial charge in [0.25, 0.3) is 5.91 Å². The molecule has 34 heavy (non-hydrogen) atoms. The van der Waals surface area contributed by atoms with Gasteiger partial charge in [-0.1, -0.05) is 18.2 Å². The highest BCUT2D eigenvalue weighted by Gasteiger charge is 2.21. The minimum atomic E-state index is -1.09. The van der Waals surface area contributed by atoms with E-state index >= 15 is 0 Å². The van der Waals surface area contributed by atoms with Crippen LogP contribution in [0.15, 0.2) is 67.1 Å².